The van der Waals surface area contributed by atoms with Gasteiger partial charge in [-0.3, -0.25) is 4.79 Å². The molecule has 3 rings (SSSR count). The van der Waals surface area contributed by atoms with Gasteiger partial charge in [-0.15, -0.1) is 0 Å². The van der Waals surface area contributed by atoms with Gasteiger partial charge in [0, 0.05) is 11.6 Å². The van der Waals surface area contributed by atoms with Crippen molar-refractivity contribution in [2.24, 2.45) is 0 Å². The molecule has 0 aliphatic heterocycles. The normalized spacial score (nSPS) is 11.6. The maximum Gasteiger partial charge on any atom is 0.396 e. The fourth-order valence-corrected chi connectivity index (χ4v) is 3.97. The van der Waals surface area contributed by atoms with E-state index in [9.17, 15) is 9.59 Å². The summed E-state index contributed by atoms with van der Waals surface area (Å²) in [7, 11) is 0. The van der Waals surface area contributed by atoms with Gasteiger partial charge in [0.1, 0.15) is 12.4 Å². The molecule has 5 nitrogen and oxygen atoms in total. The van der Waals surface area contributed by atoms with Gasteiger partial charge in [0.15, 0.2) is 11.4 Å². The van der Waals surface area contributed by atoms with E-state index in [1.807, 2.05) is 18.2 Å². The lowest BCUT2D eigenvalue weighted by molar-refractivity contribution is 0.104. The topological polar surface area (TPSA) is 59.8 Å². The van der Waals surface area contributed by atoms with Crippen molar-refractivity contribution < 1.29 is 13.9 Å². The minimum Gasteiger partial charge on any atom is -0.491 e. The Balaban J connectivity index is 1.92. The summed E-state index contributed by atoms with van der Waals surface area (Å²) in [5, 5.41) is 0.554. The number of likely N-dealkylation sites (N-methyl/N-ethyl adjacent to an activating group) is 1. The number of nitrogens with zero attached hydrogens (tertiary/aromatic N) is 1. The number of carbonyl (C=O) groups is 1. The molecule has 0 amide bonds. The Labute approximate surface area is 178 Å². The number of hydrogen-bond acceptors (Lipinski definition) is 6. The molecular formula is C22H22ClNO4S. The summed E-state index contributed by atoms with van der Waals surface area (Å²) in [6.45, 7) is 7.22. The van der Waals surface area contributed by atoms with Crippen LogP contribution in [-0.4, -0.2) is 36.9 Å². The molecule has 0 radical (unpaired) electrons. The number of carbonyl (C=O) groups excluding carboxylic acids is 1. The Morgan fingerprint density at radius 1 is 1.21 bits per heavy atom. The third kappa shape index (κ3) is 5.15. The van der Waals surface area contributed by atoms with Crippen LogP contribution in [-0.2, 0) is 0 Å². The second kappa shape index (κ2) is 9.87. The number of hydrogen-bond donors (Lipinski definition) is 0. The van der Waals surface area contributed by atoms with Crippen molar-refractivity contribution in [3.05, 3.63) is 68.4 Å². The molecule has 1 heterocycles. The highest BCUT2D eigenvalue weighted by molar-refractivity contribution is 7.16. The van der Waals surface area contributed by atoms with Gasteiger partial charge in [-0.2, -0.15) is 0 Å². The number of halogens is 1. The zero-order valence-electron chi connectivity index (χ0n) is 16.3. The summed E-state index contributed by atoms with van der Waals surface area (Å²) in [6.07, 6.45) is 3.10. The standard InChI is InChI=1S/C22H22ClNO4S/c1-3-24(4-2)13-14-27-18-11-12-19-21(29-22(26)28-19)20(18)17(25)10-9-15-7-5-6-8-16(15)23/h5-12H,3-4,13-14H2,1-2H3/b10-9+. The molecule has 1 aromatic heterocycles. The maximum atomic E-state index is 13.0. The van der Waals surface area contributed by atoms with Gasteiger partial charge in [-0.25, -0.2) is 4.79 Å². The Hall–Kier alpha value is -2.41. The van der Waals surface area contributed by atoms with Gasteiger partial charge in [0.2, 0.25) is 0 Å². The summed E-state index contributed by atoms with van der Waals surface area (Å²) in [6, 6.07) is 10.6. The van der Waals surface area contributed by atoms with Gasteiger partial charge in [0.05, 0.1) is 10.3 Å². The molecule has 0 bridgehead atoms. The van der Waals surface area contributed by atoms with Gasteiger partial charge in [-0.1, -0.05) is 55.0 Å². The first kappa shape index (κ1) is 21.3. The second-order valence-electron chi connectivity index (χ2n) is 6.31. The van der Waals surface area contributed by atoms with E-state index in [-0.39, 0.29) is 5.78 Å². The van der Waals surface area contributed by atoms with Crippen LogP contribution in [0.4, 0.5) is 0 Å². The number of fused-ring (bicyclic) bond motifs is 1. The van der Waals surface area contributed by atoms with Crippen molar-refractivity contribution in [1.82, 2.24) is 4.90 Å². The van der Waals surface area contributed by atoms with Crippen molar-refractivity contribution in [3.8, 4) is 5.75 Å². The second-order valence-corrected chi connectivity index (χ2v) is 7.67. The fourth-order valence-electron chi connectivity index (χ4n) is 2.96. The molecule has 3 aromatic rings. The van der Waals surface area contributed by atoms with Crippen LogP contribution in [0.2, 0.25) is 5.02 Å². The monoisotopic (exact) mass is 431 g/mol. The van der Waals surface area contributed by atoms with E-state index < -0.39 is 4.94 Å². The summed E-state index contributed by atoms with van der Waals surface area (Å²) in [5.74, 6) is 0.168. The van der Waals surface area contributed by atoms with Crippen molar-refractivity contribution in [3.63, 3.8) is 0 Å². The van der Waals surface area contributed by atoms with Crippen LogP contribution in [0.15, 0.2) is 51.7 Å². The molecule has 2 aromatic carbocycles. The number of rotatable bonds is 9. The Morgan fingerprint density at radius 2 is 1.97 bits per heavy atom. The lowest BCUT2D eigenvalue weighted by Gasteiger charge is -2.18. The first-order chi connectivity index (χ1) is 14.0. The average Bonchev–Trinajstić information content (AvgIpc) is 3.10. The van der Waals surface area contributed by atoms with Crippen LogP contribution >= 0.6 is 22.9 Å². The largest absolute Gasteiger partial charge is 0.491 e. The van der Waals surface area contributed by atoms with Crippen molar-refractivity contribution in [2.75, 3.05) is 26.2 Å². The summed E-state index contributed by atoms with van der Waals surface area (Å²) >= 11 is 7.06. The molecule has 0 unspecified atom stereocenters. The zero-order valence-corrected chi connectivity index (χ0v) is 17.9. The molecular weight excluding hydrogens is 410 g/mol. The van der Waals surface area contributed by atoms with Crippen LogP contribution in [0.3, 0.4) is 0 Å². The van der Waals surface area contributed by atoms with E-state index >= 15 is 0 Å². The minimum absolute atomic E-state index is 0.273. The third-order valence-electron chi connectivity index (χ3n) is 4.59. The smallest absolute Gasteiger partial charge is 0.396 e. The number of ketones is 1. The average molecular weight is 432 g/mol. The molecule has 0 aliphatic carbocycles. The minimum atomic E-state index is -0.454. The zero-order chi connectivity index (χ0) is 20.8. The van der Waals surface area contributed by atoms with Crippen LogP contribution in [0.1, 0.15) is 29.8 Å². The molecule has 0 spiro atoms. The SMILES string of the molecule is CCN(CC)CCOc1ccc2oc(=O)sc2c1C(=O)/C=C/c1ccccc1Cl. The lowest BCUT2D eigenvalue weighted by atomic mass is 10.1. The molecule has 0 N–H and O–H groups in total. The third-order valence-corrected chi connectivity index (χ3v) is 5.79. The molecule has 0 aliphatic rings. The Bertz CT molecular complexity index is 1080. The summed E-state index contributed by atoms with van der Waals surface area (Å²) < 4.78 is 11.6. The molecule has 29 heavy (non-hydrogen) atoms. The Morgan fingerprint density at radius 3 is 2.69 bits per heavy atom. The lowest BCUT2D eigenvalue weighted by Crippen LogP contribution is -2.28. The molecule has 0 saturated carbocycles. The van der Waals surface area contributed by atoms with E-state index in [0.29, 0.717) is 33.2 Å². The van der Waals surface area contributed by atoms with E-state index in [1.54, 1.807) is 24.3 Å². The van der Waals surface area contributed by atoms with E-state index in [4.69, 9.17) is 20.8 Å². The van der Waals surface area contributed by atoms with Crippen molar-refractivity contribution >= 4 is 45.1 Å². The van der Waals surface area contributed by atoms with E-state index in [2.05, 4.69) is 18.7 Å². The van der Waals surface area contributed by atoms with Gasteiger partial charge in [0.25, 0.3) is 0 Å². The number of benzene rings is 2. The molecule has 152 valence electrons. The van der Waals surface area contributed by atoms with Crippen LogP contribution in [0.5, 0.6) is 5.75 Å². The van der Waals surface area contributed by atoms with E-state index in [1.165, 1.54) is 6.08 Å². The van der Waals surface area contributed by atoms with Gasteiger partial charge < -0.3 is 14.1 Å². The first-order valence-electron chi connectivity index (χ1n) is 9.42. The van der Waals surface area contributed by atoms with Crippen molar-refractivity contribution in [1.29, 1.82) is 0 Å². The predicted octanol–water partition coefficient (Wildman–Crippen LogP) is 5.12. The highest BCUT2D eigenvalue weighted by atomic mass is 35.5. The Kier molecular flexibility index (Phi) is 7.25. The van der Waals surface area contributed by atoms with E-state index in [0.717, 1.165) is 36.5 Å². The first-order valence-corrected chi connectivity index (χ1v) is 10.6. The quantitative estimate of drug-likeness (QED) is 0.347. The maximum absolute atomic E-state index is 13.0. The predicted molar refractivity (Wildman–Crippen MR) is 118 cm³/mol. The van der Waals surface area contributed by atoms with Crippen LogP contribution < -0.4 is 9.68 Å². The summed E-state index contributed by atoms with van der Waals surface area (Å²) in [5.41, 5.74) is 1.45. The highest BCUT2D eigenvalue weighted by Gasteiger charge is 2.19. The molecule has 7 heteroatoms. The highest BCUT2D eigenvalue weighted by Crippen LogP contribution is 2.31. The fraction of sp³-hybridized carbons (Fsp3) is 0.273. The van der Waals surface area contributed by atoms with Gasteiger partial charge >= 0.3 is 4.94 Å². The van der Waals surface area contributed by atoms with Crippen molar-refractivity contribution in [2.45, 2.75) is 13.8 Å². The molecule has 0 fully saturated rings. The molecule has 0 saturated heterocycles. The number of ether oxygens (including phenoxy) is 1. The van der Waals surface area contributed by atoms with Gasteiger partial charge in [-0.05, 0) is 49.0 Å². The number of allylic oxidation sites excluding steroid dienone is 1. The van der Waals surface area contributed by atoms with Crippen LogP contribution in [0, 0.1) is 0 Å². The molecule has 0 atom stereocenters. The van der Waals surface area contributed by atoms with Crippen LogP contribution in [0.25, 0.3) is 16.4 Å². The summed E-state index contributed by atoms with van der Waals surface area (Å²) in [4.78, 5) is 26.5.